The van der Waals surface area contributed by atoms with Crippen LogP contribution in [0.4, 0.5) is 0 Å². The van der Waals surface area contributed by atoms with Crippen molar-refractivity contribution in [3.8, 4) is 0 Å². The van der Waals surface area contributed by atoms with E-state index in [1.807, 2.05) is 20.8 Å². The second-order valence-corrected chi connectivity index (χ2v) is 11.5. The smallest absolute Gasteiger partial charge is 0.306 e. The quantitative estimate of drug-likeness (QED) is 0.158. The van der Waals surface area contributed by atoms with Gasteiger partial charge >= 0.3 is 23.9 Å². The molecular formula is C31H44O10. The summed E-state index contributed by atoms with van der Waals surface area (Å²) in [4.78, 5) is 50.4. The van der Waals surface area contributed by atoms with Gasteiger partial charge in [0.05, 0.1) is 6.10 Å². The Labute approximate surface area is 242 Å². The third kappa shape index (κ3) is 6.14. The number of hydrogen-bond donors (Lipinski definition) is 0. The summed E-state index contributed by atoms with van der Waals surface area (Å²) in [5, 5.41) is 0. The molecule has 1 spiro atoms. The first-order chi connectivity index (χ1) is 19.3. The summed E-state index contributed by atoms with van der Waals surface area (Å²) in [6.07, 6.45) is 2.31. The Morgan fingerprint density at radius 2 is 1.68 bits per heavy atom. The molecule has 3 rings (SSSR count). The molecule has 0 amide bonds. The molecule has 9 atom stereocenters. The average molecular weight is 577 g/mol. The van der Waals surface area contributed by atoms with Gasteiger partial charge in [-0.25, -0.2) is 0 Å². The van der Waals surface area contributed by atoms with E-state index in [1.54, 1.807) is 19.3 Å². The van der Waals surface area contributed by atoms with Crippen LogP contribution >= 0.6 is 0 Å². The molecule has 0 N–H and O–H groups in total. The van der Waals surface area contributed by atoms with Gasteiger partial charge in [-0.3, -0.25) is 23.9 Å². The molecule has 2 aliphatic carbocycles. The molecular weight excluding hydrogens is 532 g/mol. The maximum absolute atomic E-state index is 13.0. The summed E-state index contributed by atoms with van der Waals surface area (Å²) in [5.41, 5.74) is -0.587. The number of esters is 4. The largest absolute Gasteiger partial charge is 0.458 e. The summed E-state index contributed by atoms with van der Waals surface area (Å²) >= 11 is 0. The average Bonchev–Trinajstić information content (AvgIpc) is 3.18. The van der Waals surface area contributed by atoms with Crippen LogP contribution in [0, 0.1) is 22.7 Å². The minimum atomic E-state index is -1.36. The number of carbonyl (C=O) groups excluding carboxylic acids is 4. The highest BCUT2D eigenvalue weighted by Gasteiger charge is 2.75. The van der Waals surface area contributed by atoms with Crippen molar-refractivity contribution in [3.63, 3.8) is 0 Å². The zero-order valence-electron chi connectivity index (χ0n) is 25.4. The lowest BCUT2D eigenvalue weighted by molar-refractivity contribution is -0.279. The first-order valence-electron chi connectivity index (χ1n) is 14.2. The number of methoxy groups -OCH3 is 1. The topological polar surface area (TPSA) is 124 Å². The third-order valence-corrected chi connectivity index (χ3v) is 8.95. The molecule has 1 heterocycles. The Bertz CT molecular complexity index is 1110. The number of carbonyl (C=O) groups is 4. The molecule has 0 radical (unpaired) electrons. The Kier molecular flexibility index (Phi) is 10.2. The van der Waals surface area contributed by atoms with Crippen LogP contribution in [-0.4, -0.2) is 61.9 Å². The maximum atomic E-state index is 13.0. The molecule has 228 valence electrons. The molecule has 3 aliphatic rings. The van der Waals surface area contributed by atoms with E-state index in [4.69, 9.17) is 28.4 Å². The molecule has 10 nitrogen and oxygen atoms in total. The Morgan fingerprint density at radius 3 is 2.22 bits per heavy atom. The molecule has 1 saturated carbocycles. The van der Waals surface area contributed by atoms with Gasteiger partial charge in [0.1, 0.15) is 11.5 Å². The molecule has 2 fully saturated rings. The second kappa shape index (κ2) is 12.9. The first-order valence-corrected chi connectivity index (χ1v) is 14.2. The van der Waals surface area contributed by atoms with Crippen LogP contribution in [-0.2, 0) is 47.6 Å². The van der Waals surface area contributed by atoms with E-state index in [9.17, 15) is 19.2 Å². The highest BCUT2D eigenvalue weighted by molar-refractivity contribution is 5.70. The third-order valence-electron chi connectivity index (χ3n) is 8.95. The van der Waals surface area contributed by atoms with E-state index in [0.29, 0.717) is 24.8 Å². The van der Waals surface area contributed by atoms with Crippen molar-refractivity contribution in [2.45, 2.75) is 105 Å². The van der Waals surface area contributed by atoms with Crippen molar-refractivity contribution >= 4 is 23.9 Å². The molecule has 41 heavy (non-hydrogen) atoms. The second-order valence-electron chi connectivity index (χ2n) is 11.5. The fourth-order valence-electron chi connectivity index (χ4n) is 6.86. The number of rotatable bonds is 10. The Balaban J connectivity index is 2.41. The van der Waals surface area contributed by atoms with Crippen LogP contribution in [0.1, 0.15) is 74.1 Å². The molecule has 0 aromatic heterocycles. The van der Waals surface area contributed by atoms with Crippen molar-refractivity contribution in [1.29, 1.82) is 0 Å². The maximum Gasteiger partial charge on any atom is 0.306 e. The fraction of sp³-hybridized carbons (Fsp3) is 0.677. The first kappa shape index (κ1) is 32.5. The lowest BCUT2D eigenvalue weighted by Crippen LogP contribution is -2.69. The van der Waals surface area contributed by atoms with E-state index in [1.165, 1.54) is 20.8 Å². The predicted octanol–water partition coefficient (Wildman–Crippen LogP) is 4.56. The van der Waals surface area contributed by atoms with Gasteiger partial charge in [-0.2, -0.15) is 0 Å². The van der Waals surface area contributed by atoms with Crippen LogP contribution in [0.2, 0.25) is 0 Å². The lowest BCUT2D eigenvalue weighted by atomic mass is 9.44. The van der Waals surface area contributed by atoms with Gasteiger partial charge < -0.3 is 23.7 Å². The van der Waals surface area contributed by atoms with Gasteiger partial charge in [-0.05, 0) is 43.6 Å². The monoisotopic (exact) mass is 576 g/mol. The molecule has 10 heteroatoms. The minimum absolute atomic E-state index is 0.174. The zero-order chi connectivity index (χ0) is 30.7. The predicted molar refractivity (Wildman–Crippen MR) is 148 cm³/mol. The van der Waals surface area contributed by atoms with Crippen LogP contribution < -0.4 is 0 Å². The van der Waals surface area contributed by atoms with Crippen LogP contribution in [0.3, 0.4) is 0 Å². The normalized spacial score (nSPS) is 36.2. The SMILES string of the molecule is C=C/C(C)=C\C[C@]1(C)[C@H](C)[C@@H](OC(=O)CCC)[C@H](OC(C)=O)[C@@]23C(=C[C@H](OC)C[C@@H]12)[C@@H](OC(C)=O)O[C@@H]3OC(C)=O. The van der Waals surface area contributed by atoms with Gasteiger partial charge in [-0.1, -0.05) is 45.1 Å². The molecule has 1 saturated heterocycles. The van der Waals surface area contributed by atoms with Gasteiger partial charge in [0.25, 0.3) is 0 Å². The summed E-state index contributed by atoms with van der Waals surface area (Å²) in [7, 11) is 1.58. The molecule has 0 aromatic rings. The summed E-state index contributed by atoms with van der Waals surface area (Å²) in [5.74, 6) is -3.03. The van der Waals surface area contributed by atoms with Crippen LogP contribution in [0.25, 0.3) is 0 Å². The summed E-state index contributed by atoms with van der Waals surface area (Å²) in [6, 6.07) is 0. The molecule has 0 bridgehead atoms. The number of ether oxygens (including phenoxy) is 6. The van der Waals surface area contributed by atoms with Crippen LogP contribution in [0.5, 0.6) is 0 Å². The molecule has 0 aromatic carbocycles. The number of hydrogen-bond acceptors (Lipinski definition) is 10. The van der Waals surface area contributed by atoms with E-state index in [-0.39, 0.29) is 12.3 Å². The van der Waals surface area contributed by atoms with Crippen LogP contribution in [0.15, 0.2) is 36.0 Å². The van der Waals surface area contributed by atoms with E-state index >= 15 is 0 Å². The van der Waals surface area contributed by atoms with Crippen molar-refractivity contribution in [2.75, 3.05) is 7.11 Å². The highest BCUT2D eigenvalue weighted by Crippen LogP contribution is 2.68. The molecule has 0 unspecified atom stereocenters. The van der Waals surface area contributed by atoms with Crippen molar-refractivity contribution < 1.29 is 47.6 Å². The Hall–Kier alpha value is -2.98. The van der Waals surface area contributed by atoms with Gasteiger partial charge in [0, 0.05) is 45.8 Å². The van der Waals surface area contributed by atoms with Crippen molar-refractivity contribution in [1.82, 2.24) is 0 Å². The highest BCUT2D eigenvalue weighted by atomic mass is 16.8. The minimum Gasteiger partial charge on any atom is -0.458 e. The van der Waals surface area contributed by atoms with Crippen molar-refractivity contribution in [2.24, 2.45) is 22.7 Å². The van der Waals surface area contributed by atoms with Gasteiger partial charge in [-0.15, -0.1) is 0 Å². The van der Waals surface area contributed by atoms with E-state index < -0.39 is 71.5 Å². The summed E-state index contributed by atoms with van der Waals surface area (Å²) in [6.45, 7) is 15.5. The molecule has 1 aliphatic heterocycles. The standard InChI is InChI=1S/C31H44O10/c1-10-12-25(35)40-26-18(4)30(8,14-13-17(3)11-2)24-16-22(36-9)15-23-28(38-20(6)33)41-29(39-21(7)34)31(23,24)27(26)37-19(5)32/h11,13,15,18,22,24,26-29H,2,10,12,14,16H2,1,3-9H3/b17-13-/t18-,22+,24+,26-,27+,28+,29+,30-,31-/m1/s1. The van der Waals surface area contributed by atoms with Gasteiger partial charge in [0.15, 0.2) is 6.10 Å². The van der Waals surface area contributed by atoms with Crippen molar-refractivity contribution in [3.05, 3.63) is 36.0 Å². The van der Waals surface area contributed by atoms with E-state index in [0.717, 1.165) is 5.57 Å². The lowest BCUT2D eigenvalue weighted by Gasteiger charge is -2.62. The zero-order valence-corrected chi connectivity index (χ0v) is 25.4. The number of allylic oxidation sites excluding steroid dienone is 3. The summed E-state index contributed by atoms with van der Waals surface area (Å²) < 4.78 is 35.6. The van der Waals surface area contributed by atoms with E-state index in [2.05, 4.69) is 19.6 Å². The van der Waals surface area contributed by atoms with Gasteiger partial charge in [0.2, 0.25) is 12.6 Å². The fourth-order valence-corrected chi connectivity index (χ4v) is 6.86. The Morgan fingerprint density at radius 1 is 1.05 bits per heavy atom.